The van der Waals surface area contributed by atoms with Crippen LogP contribution >= 0.6 is 0 Å². The summed E-state index contributed by atoms with van der Waals surface area (Å²) in [4.78, 5) is 13.5. The fraction of sp³-hybridized carbons (Fsp3) is 0.417. The zero-order chi connectivity index (χ0) is 12.4. The molecule has 5 heteroatoms. The van der Waals surface area contributed by atoms with E-state index >= 15 is 0 Å². The molecular formula is C12H16FN3O. The van der Waals surface area contributed by atoms with Crippen molar-refractivity contribution in [3.8, 4) is 0 Å². The van der Waals surface area contributed by atoms with E-state index in [0.717, 1.165) is 12.1 Å². The number of rotatable bonds is 2. The molecule has 0 bridgehead atoms. The standard InChI is InChI=1S/C12H16FN3O/c1-8-12(17)15-4-5-16(8)7-9-6-10(13)2-3-11(9)14/h2-3,6,8H,4-5,7,14H2,1H3,(H,15,17). The van der Waals surface area contributed by atoms with E-state index < -0.39 is 0 Å². The molecule has 1 aromatic carbocycles. The largest absolute Gasteiger partial charge is 0.398 e. The SMILES string of the molecule is CC1C(=O)NCCN1Cc1cc(F)ccc1N. The number of hydrogen-bond acceptors (Lipinski definition) is 3. The van der Waals surface area contributed by atoms with Gasteiger partial charge in [-0.15, -0.1) is 0 Å². The van der Waals surface area contributed by atoms with Gasteiger partial charge in [0.25, 0.3) is 0 Å². The Morgan fingerprint density at radius 2 is 2.35 bits per heavy atom. The highest BCUT2D eigenvalue weighted by Gasteiger charge is 2.25. The van der Waals surface area contributed by atoms with E-state index in [9.17, 15) is 9.18 Å². The maximum Gasteiger partial charge on any atom is 0.237 e. The first kappa shape index (κ1) is 11.9. The van der Waals surface area contributed by atoms with Crippen LogP contribution < -0.4 is 11.1 Å². The molecule has 1 atom stereocenters. The fourth-order valence-electron chi connectivity index (χ4n) is 1.98. The fourth-order valence-corrected chi connectivity index (χ4v) is 1.98. The van der Waals surface area contributed by atoms with E-state index in [0.29, 0.717) is 18.8 Å². The Balaban J connectivity index is 2.14. The van der Waals surface area contributed by atoms with Gasteiger partial charge in [-0.05, 0) is 30.7 Å². The van der Waals surface area contributed by atoms with Crippen LogP contribution in [0.15, 0.2) is 18.2 Å². The van der Waals surface area contributed by atoms with Crippen LogP contribution in [0.5, 0.6) is 0 Å². The molecule has 1 fully saturated rings. The van der Waals surface area contributed by atoms with Crippen molar-refractivity contribution in [3.63, 3.8) is 0 Å². The van der Waals surface area contributed by atoms with Crippen LogP contribution in [0.25, 0.3) is 0 Å². The number of amides is 1. The predicted octanol–water partition coefficient (Wildman–Crippen LogP) is 0.728. The highest BCUT2D eigenvalue weighted by molar-refractivity contribution is 5.82. The molecule has 0 aromatic heterocycles. The van der Waals surface area contributed by atoms with Crippen molar-refractivity contribution in [3.05, 3.63) is 29.6 Å². The molecule has 0 saturated carbocycles. The number of anilines is 1. The van der Waals surface area contributed by atoms with Crippen molar-refractivity contribution in [1.82, 2.24) is 10.2 Å². The summed E-state index contributed by atoms with van der Waals surface area (Å²) in [6.07, 6.45) is 0. The Bertz CT molecular complexity index is 436. The van der Waals surface area contributed by atoms with Crippen LogP contribution in [0.1, 0.15) is 12.5 Å². The van der Waals surface area contributed by atoms with E-state index in [2.05, 4.69) is 5.32 Å². The summed E-state index contributed by atoms with van der Waals surface area (Å²) in [5, 5.41) is 2.79. The minimum Gasteiger partial charge on any atom is -0.398 e. The van der Waals surface area contributed by atoms with Crippen molar-refractivity contribution in [1.29, 1.82) is 0 Å². The summed E-state index contributed by atoms with van der Waals surface area (Å²) in [5.74, 6) is -0.297. The number of nitrogens with zero attached hydrogens (tertiary/aromatic N) is 1. The monoisotopic (exact) mass is 237 g/mol. The molecule has 92 valence electrons. The smallest absolute Gasteiger partial charge is 0.237 e. The van der Waals surface area contributed by atoms with Gasteiger partial charge in [-0.25, -0.2) is 4.39 Å². The van der Waals surface area contributed by atoms with Crippen LogP contribution in [0, 0.1) is 5.82 Å². The first-order valence-corrected chi connectivity index (χ1v) is 5.63. The van der Waals surface area contributed by atoms with Crippen molar-refractivity contribution in [2.24, 2.45) is 0 Å². The van der Waals surface area contributed by atoms with Crippen molar-refractivity contribution in [2.45, 2.75) is 19.5 Å². The zero-order valence-electron chi connectivity index (χ0n) is 9.74. The molecular weight excluding hydrogens is 221 g/mol. The Kier molecular flexibility index (Phi) is 3.28. The molecule has 1 aromatic rings. The Labute approximate surface area is 99.6 Å². The number of nitrogens with one attached hydrogen (secondary N) is 1. The lowest BCUT2D eigenvalue weighted by Crippen LogP contribution is -2.53. The maximum atomic E-state index is 13.1. The minimum absolute atomic E-state index is 0.00576. The van der Waals surface area contributed by atoms with Crippen molar-refractivity contribution >= 4 is 11.6 Å². The highest BCUT2D eigenvalue weighted by Crippen LogP contribution is 2.17. The molecule has 1 unspecified atom stereocenters. The van der Waals surface area contributed by atoms with Crippen LogP contribution in [0.4, 0.5) is 10.1 Å². The van der Waals surface area contributed by atoms with Gasteiger partial charge in [0, 0.05) is 25.3 Å². The number of carbonyl (C=O) groups excluding carboxylic acids is 1. The van der Waals surface area contributed by atoms with E-state index in [1.165, 1.54) is 12.1 Å². The first-order chi connectivity index (χ1) is 8.08. The quantitative estimate of drug-likeness (QED) is 0.745. The van der Waals surface area contributed by atoms with Gasteiger partial charge in [0.15, 0.2) is 0 Å². The second kappa shape index (κ2) is 4.71. The third kappa shape index (κ3) is 2.55. The molecule has 0 aliphatic carbocycles. The van der Waals surface area contributed by atoms with Crippen LogP contribution in [-0.4, -0.2) is 29.9 Å². The number of nitrogen functional groups attached to an aromatic ring is 1. The van der Waals surface area contributed by atoms with Gasteiger partial charge in [-0.1, -0.05) is 0 Å². The van der Waals surface area contributed by atoms with E-state index in [1.807, 2.05) is 11.8 Å². The molecule has 1 aliphatic rings. The second-order valence-corrected chi connectivity index (χ2v) is 4.28. The lowest BCUT2D eigenvalue weighted by molar-refractivity contribution is -0.128. The predicted molar refractivity (Wildman–Crippen MR) is 63.7 cm³/mol. The number of hydrogen-bond donors (Lipinski definition) is 2. The van der Waals surface area contributed by atoms with Gasteiger partial charge in [0.2, 0.25) is 5.91 Å². The lowest BCUT2D eigenvalue weighted by Gasteiger charge is -2.32. The van der Waals surface area contributed by atoms with Crippen molar-refractivity contribution in [2.75, 3.05) is 18.8 Å². The number of piperazine rings is 1. The number of carbonyl (C=O) groups is 1. The Hall–Kier alpha value is -1.62. The van der Waals surface area contributed by atoms with Gasteiger partial charge in [0.05, 0.1) is 6.04 Å². The summed E-state index contributed by atoms with van der Waals surface area (Å²) in [6.45, 7) is 3.71. The topological polar surface area (TPSA) is 58.4 Å². The second-order valence-electron chi connectivity index (χ2n) is 4.28. The average Bonchev–Trinajstić information content (AvgIpc) is 2.30. The normalized spacial score (nSPS) is 21.3. The number of benzene rings is 1. The summed E-state index contributed by atoms with van der Waals surface area (Å²) < 4.78 is 13.1. The van der Waals surface area contributed by atoms with E-state index in [-0.39, 0.29) is 17.8 Å². The van der Waals surface area contributed by atoms with Crippen molar-refractivity contribution < 1.29 is 9.18 Å². The molecule has 1 heterocycles. The molecule has 0 spiro atoms. The summed E-state index contributed by atoms with van der Waals surface area (Å²) in [5.41, 5.74) is 7.08. The van der Waals surface area contributed by atoms with Gasteiger partial charge < -0.3 is 11.1 Å². The molecule has 0 radical (unpaired) electrons. The van der Waals surface area contributed by atoms with Gasteiger partial charge in [-0.3, -0.25) is 9.69 Å². The van der Waals surface area contributed by atoms with Gasteiger partial charge in [0.1, 0.15) is 5.82 Å². The molecule has 3 N–H and O–H groups in total. The zero-order valence-corrected chi connectivity index (χ0v) is 9.74. The van der Waals surface area contributed by atoms with Crippen LogP contribution in [0.2, 0.25) is 0 Å². The van der Waals surface area contributed by atoms with Crippen LogP contribution in [0.3, 0.4) is 0 Å². The van der Waals surface area contributed by atoms with E-state index in [1.54, 1.807) is 6.07 Å². The summed E-state index contributed by atoms with van der Waals surface area (Å²) >= 11 is 0. The molecule has 1 amide bonds. The number of halogens is 1. The van der Waals surface area contributed by atoms with E-state index in [4.69, 9.17) is 5.73 Å². The van der Waals surface area contributed by atoms with Gasteiger partial charge >= 0.3 is 0 Å². The molecule has 2 rings (SSSR count). The average molecular weight is 237 g/mol. The number of nitrogens with two attached hydrogens (primary N) is 1. The third-order valence-corrected chi connectivity index (χ3v) is 3.10. The summed E-state index contributed by atoms with van der Waals surface area (Å²) in [7, 11) is 0. The van der Waals surface area contributed by atoms with Crippen LogP contribution in [-0.2, 0) is 11.3 Å². The van der Waals surface area contributed by atoms with Gasteiger partial charge in [-0.2, -0.15) is 0 Å². The Morgan fingerprint density at radius 1 is 1.59 bits per heavy atom. The third-order valence-electron chi connectivity index (χ3n) is 3.10. The maximum absolute atomic E-state index is 13.1. The first-order valence-electron chi connectivity index (χ1n) is 5.63. The Morgan fingerprint density at radius 3 is 3.12 bits per heavy atom. The minimum atomic E-state index is -0.302. The highest BCUT2D eigenvalue weighted by atomic mass is 19.1. The molecule has 17 heavy (non-hydrogen) atoms. The lowest BCUT2D eigenvalue weighted by atomic mass is 10.1. The summed E-state index contributed by atoms with van der Waals surface area (Å²) in [6, 6.07) is 4.12. The molecule has 1 saturated heterocycles. The molecule has 1 aliphatic heterocycles. The molecule has 4 nitrogen and oxygen atoms in total.